The van der Waals surface area contributed by atoms with Crippen molar-refractivity contribution in [1.82, 2.24) is 5.32 Å². The third kappa shape index (κ3) is 3.33. The molecule has 0 saturated heterocycles. The molecular formula is C17H18Cl2N2O7. The van der Waals surface area contributed by atoms with Crippen molar-refractivity contribution >= 4 is 41.0 Å². The molecular weight excluding hydrogens is 415 g/mol. The molecule has 11 heteroatoms. The maximum atomic E-state index is 12.0. The summed E-state index contributed by atoms with van der Waals surface area (Å²) in [5.41, 5.74) is 4.71. The second-order valence-electron chi connectivity index (χ2n) is 6.94. The Morgan fingerprint density at radius 3 is 2.43 bits per heavy atom. The quantitative estimate of drug-likeness (QED) is 0.405. The molecule has 2 saturated carbocycles. The minimum absolute atomic E-state index is 0.0868. The van der Waals surface area contributed by atoms with Gasteiger partial charge in [-0.25, -0.2) is 0 Å². The van der Waals surface area contributed by atoms with Crippen LogP contribution in [0.4, 0.5) is 0 Å². The summed E-state index contributed by atoms with van der Waals surface area (Å²) in [5, 5.41) is 31.2. The Labute approximate surface area is 169 Å². The van der Waals surface area contributed by atoms with Crippen molar-refractivity contribution in [3.8, 4) is 0 Å². The van der Waals surface area contributed by atoms with Gasteiger partial charge in [-0.15, -0.1) is 0 Å². The lowest BCUT2D eigenvalue weighted by Gasteiger charge is -2.34. The lowest BCUT2D eigenvalue weighted by molar-refractivity contribution is -0.154. The Morgan fingerprint density at radius 1 is 1.21 bits per heavy atom. The number of aliphatic hydroxyl groups is 1. The van der Waals surface area contributed by atoms with E-state index in [1.54, 1.807) is 18.2 Å². The first-order valence-electron chi connectivity index (χ1n) is 8.33. The predicted molar refractivity (Wildman–Crippen MR) is 96.7 cm³/mol. The number of halogens is 2. The number of carbonyl (C=O) groups is 3. The fraction of sp³-hybridized carbons (Fsp3) is 0.471. The Balaban J connectivity index is 1.88. The summed E-state index contributed by atoms with van der Waals surface area (Å²) in [6, 6.07) is 3.74. The van der Waals surface area contributed by atoms with Crippen molar-refractivity contribution in [3.63, 3.8) is 0 Å². The van der Waals surface area contributed by atoms with E-state index in [1.165, 1.54) is 0 Å². The van der Waals surface area contributed by atoms with Crippen LogP contribution in [0.2, 0.25) is 10.0 Å². The van der Waals surface area contributed by atoms with E-state index in [1.807, 2.05) is 0 Å². The zero-order valence-electron chi connectivity index (χ0n) is 14.3. The molecule has 1 amide bonds. The summed E-state index contributed by atoms with van der Waals surface area (Å²) in [6.07, 6.45) is -1.21. The molecule has 2 fully saturated rings. The molecule has 28 heavy (non-hydrogen) atoms. The number of amides is 1. The van der Waals surface area contributed by atoms with Crippen LogP contribution in [0.5, 0.6) is 0 Å². The summed E-state index contributed by atoms with van der Waals surface area (Å²) >= 11 is 11.8. The van der Waals surface area contributed by atoms with Gasteiger partial charge < -0.3 is 31.1 Å². The van der Waals surface area contributed by atoms with Crippen molar-refractivity contribution in [2.75, 3.05) is 6.61 Å². The molecule has 0 bridgehead atoms. The van der Waals surface area contributed by atoms with Crippen LogP contribution in [0, 0.1) is 17.8 Å². The van der Waals surface area contributed by atoms with Gasteiger partial charge in [-0.05, 0) is 17.7 Å². The van der Waals surface area contributed by atoms with Gasteiger partial charge in [0.15, 0.2) is 0 Å². The van der Waals surface area contributed by atoms with Crippen LogP contribution in [-0.2, 0) is 25.7 Å². The molecule has 152 valence electrons. The van der Waals surface area contributed by atoms with Crippen molar-refractivity contribution in [1.29, 1.82) is 0 Å². The van der Waals surface area contributed by atoms with Gasteiger partial charge in [-0.1, -0.05) is 29.3 Å². The number of hydrogen-bond donors (Lipinski definition) is 5. The molecule has 6 unspecified atom stereocenters. The lowest BCUT2D eigenvalue weighted by Crippen LogP contribution is -2.64. The minimum atomic E-state index is -2.02. The lowest BCUT2D eigenvalue weighted by atomic mass is 9.87. The van der Waals surface area contributed by atoms with E-state index in [4.69, 9.17) is 38.8 Å². The first-order valence-corrected chi connectivity index (χ1v) is 9.09. The van der Waals surface area contributed by atoms with E-state index in [-0.39, 0.29) is 11.6 Å². The van der Waals surface area contributed by atoms with E-state index in [9.17, 15) is 24.6 Å². The number of carbonyl (C=O) groups excluding carboxylic acids is 1. The Morgan fingerprint density at radius 2 is 1.89 bits per heavy atom. The van der Waals surface area contributed by atoms with Gasteiger partial charge in [-0.2, -0.15) is 0 Å². The second kappa shape index (κ2) is 7.49. The second-order valence-corrected chi connectivity index (χ2v) is 7.75. The molecule has 0 spiro atoms. The third-order valence-electron chi connectivity index (χ3n) is 5.38. The van der Waals surface area contributed by atoms with Gasteiger partial charge >= 0.3 is 11.9 Å². The number of nitrogens with two attached hydrogens (primary N) is 1. The van der Waals surface area contributed by atoms with E-state index in [2.05, 4.69) is 5.32 Å². The zero-order chi connectivity index (χ0) is 20.8. The van der Waals surface area contributed by atoms with E-state index in [0.717, 1.165) is 0 Å². The van der Waals surface area contributed by atoms with Crippen LogP contribution in [0.1, 0.15) is 5.56 Å². The number of hydrogen-bond acceptors (Lipinski definition) is 6. The topological polar surface area (TPSA) is 159 Å². The summed E-state index contributed by atoms with van der Waals surface area (Å²) in [7, 11) is 0. The van der Waals surface area contributed by atoms with E-state index < -0.39 is 59.9 Å². The molecule has 6 N–H and O–H groups in total. The minimum Gasteiger partial charge on any atom is -0.481 e. The van der Waals surface area contributed by atoms with Crippen LogP contribution in [0.25, 0.3) is 0 Å². The Kier molecular flexibility index (Phi) is 5.57. The number of rotatable bonds is 7. The number of aliphatic carboxylic acids is 2. The molecule has 0 aromatic heterocycles. The fourth-order valence-electron chi connectivity index (χ4n) is 4.13. The molecule has 6 atom stereocenters. The average molecular weight is 433 g/mol. The number of carboxylic acids is 2. The molecule has 3 rings (SSSR count). The van der Waals surface area contributed by atoms with Crippen LogP contribution in [0.15, 0.2) is 18.2 Å². The molecule has 1 aromatic rings. The molecule has 1 aromatic carbocycles. The zero-order valence-corrected chi connectivity index (χ0v) is 15.9. The SMILES string of the molecule is NC1(C(=O)O)C(OCc2ccc(Cl)c(Cl)c2)C(NC(=O)CO)C2C(C(=O)O)C21. The van der Waals surface area contributed by atoms with Gasteiger partial charge in [0.25, 0.3) is 0 Å². The number of nitrogens with one attached hydrogen (secondary N) is 1. The Hall–Kier alpha value is -1.91. The van der Waals surface area contributed by atoms with Gasteiger partial charge in [-0.3, -0.25) is 14.4 Å². The molecule has 9 nitrogen and oxygen atoms in total. The van der Waals surface area contributed by atoms with Crippen molar-refractivity contribution < 1.29 is 34.4 Å². The van der Waals surface area contributed by atoms with Gasteiger partial charge in [0.1, 0.15) is 18.2 Å². The predicted octanol–water partition coefficient (Wildman–Crippen LogP) is 0.0982. The summed E-state index contributed by atoms with van der Waals surface area (Å²) in [4.78, 5) is 35.1. The number of aliphatic hydroxyl groups excluding tert-OH is 1. The van der Waals surface area contributed by atoms with Crippen molar-refractivity contribution in [2.45, 2.75) is 24.3 Å². The standard InChI is InChI=1S/C17H18Cl2N2O7/c18-7-2-1-6(3-8(7)19)5-28-14-13(21-9(23)4-22)10-11(15(24)25)12(10)17(14,20)16(26)27/h1-3,10-14,22H,4-5,20H2,(H,21,23)(H,24,25)(H,26,27). The van der Waals surface area contributed by atoms with Crippen LogP contribution < -0.4 is 11.1 Å². The van der Waals surface area contributed by atoms with E-state index in [0.29, 0.717) is 10.6 Å². The maximum Gasteiger partial charge on any atom is 0.326 e. The number of ether oxygens (including phenoxy) is 1. The average Bonchev–Trinajstić information content (AvgIpc) is 3.34. The van der Waals surface area contributed by atoms with Gasteiger partial charge in [0.2, 0.25) is 5.91 Å². The highest BCUT2D eigenvalue weighted by Gasteiger charge is 2.78. The van der Waals surface area contributed by atoms with Crippen LogP contribution in [0.3, 0.4) is 0 Å². The highest BCUT2D eigenvalue weighted by Crippen LogP contribution is 2.62. The first-order chi connectivity index (χ1) is 13.1. The van der Waals surface area contributed by atoms with Crippen molar-refractivity contribution in [2.24, 2.45) is 23.5 Å². The van der Waals surface area contributed by atoms with Gasteiger partial charge in [0.05, 0.1) is 28.6 Å². The van der Waals surface area contributed by atoms with Crippen LogP contribution >= 0.6 is 23.2 Å². The smallest absolute Gasteiger partial charge is 0.326 e. The largest absolute Gasteiger partial charge is 0.481 e. The number of benzene rings is 1. The maximum absolute atomic E-state index is 12.0. The summed E-state index contributed by atoms with van der Waals surface area (Å²) in [5.74, 6) is -6.05. The Bertz CT molecular complexity index is 836. The molecule has 0 aliphatic heterocycles. The molecule has 0 radical (unpaired) electrons. The molecule has 2 aliphatic rings. The van der Waals surface area contributed by atoms with E-state index >= 15 is 0 Å². The summed E-state index contributed by atoms with van der Waals surface area (Å²) in [6.45, 7) is -0.924. The highest BCUT2D eigenvalue weighted by molar-refractivity contribution is 6.42. The first kappa shape index (κ1) is 20.8. The van der Waals surface area contributed by atoms with Gasteiger partial charge in [0, 0.05) is 11.8 Å². The number of fused-ring (bicyclic) bond motifs is 1. The fourth-order valence-corrected chi connectivity index (χ4v) is 4.45. The normalized spacial score (nSPS) is 33.2. The van der Waals surface area contributed by atoms with Crippen LogP contribution in [-0.4, -0.2) is 57.5 Å². The summed E-state index contributed by atoms with van der Waals surface area (Å²) < 4.78 is 5.75. The molecule has 2 aliphatic carbocycles. The molecule has 0 heterocycles. The highest BCUT2D eigenvalue weighted by atomic mass is 35.5. The monoisotopic (exact) mass is 432 g/mol. The number of carboxylic acid groups (broad SMARTS) is 2. The van der Waals surface area contributed by atoms with Crippen molar-refractivity contribution in [3.05, 3.63) is 33.8 Å². The third-order valence-corrected chi connectivity index (χ3v) is 6.12.